The molecule has 1 aromatic heterocycles. The van der Waals surface area contributed by atoms with E-state index < -0.39 is 10.0 Å². The summed E-state index contributed by atoms with van der Waals surface area (Å²) in [7, 11) is -3.59. The molecule has 0 radical (unpaired) electrons. The number of ether oxygens (including phenoxy) is 1. The highest BCUT2D eigenvalue weighted by Crippen LogP contribution is 2.18. The lowest BCUT2D eigenvalue weighted by Gasteiger charge is -2.22. The molecule has 1 aliphatic rings. The van der Waals surface area contributed by atoms with E-state index in [1.54, 1.807) is 6.92 Å². The van der Waals surface area contributed by atoms with Gasteiger partial charge in [-0.05, 0) is 26.2 Å². The summed E-state index contributed by atoms with van der Waals surface area (Å²) in [5, 5.41) is 6.55. The van der Waals surface area contributed by atoms with Gasteiger partial charge in [-0.1, -0.05) is 0 Å². The molecule has 0 aliphatic carbocycles. The van der Waals surface area contributed by atoms with Crippen molar-refractivity contribution >= 4 is 10.0 Å². The molecular formula is C11H20N4O3S. The van der Waals surface area contributed by atoms with Crippen molar-refractivity contribution in [3.63, 3.8) is 0 Å². The summed E-state index contributed by atoms with van der Waals surface area (Å²) in [6, 6.07) is 0. The summed E-state index contributed by atoms with van der Waals surface area (Å²) < 4.78 is 32.6. The van der Waals surface area contributed by atoms with Crippen LogP contribution >= 0.6 is 0 Å². The molecule has 19 heavy (non-hydrogen) atoms. The van der Waals surface area contributed by atoms with Gasteiger partial charge in [-0.2, -0.15) is 5.10 Å². The Labute approximate surface area is 113 Å². The molecule has 0 aromatic carbocycles. The first-order chi connectivity index (χ1) is 9.04. The highest BCUT2D eigenvalue weighted by Gasteiger charge is 2.25. The molecule has 1 atom stereocenters. The first kappa shape index (κ1) is 14.4. The number of rotatable bonds is 5. The second-order valence-electron chi connectivity index (χ2n) is 4.67. The number of nitrogens with one attached hydrogen (secondary N) is 2. The highest BCUT2D eigenvalue weighted by molar-refractivity contribution is 7.89. The Morgan fingerprint density at radius 1 is 1.53 bits per heavy atom. The number of H-pyrrole nitrogens is 1. The Balaban J connectivity index is 2.07. The van der Waals surface area contributed by atoms with Crippen molar-refractivity contribution in [1.82, 2.24) is 14.9 Å². The number of aryl methyl sites for hydroxylation is 1. The molecule has 0 amide bonds. The van der Waals surface area contributed by atoms with Gasteiger partial charge in [0.2, 0.25) is 10.0 Å². The van der Waals surface area contributed by atoms with E-state index in [2.05, 4.69) is 14.9 Å². The van der Waals surface area contributed by atoms with Crippen molar-refractivity contribution in [1.29, 1.82) is 0 Å². The number of aromatic amines is 1. The largest absolute Gasteiger partial charge is 0.377 e. The predicted molar refractivity (Wildman–Crippen MR) is 70.0 cm³/mol. The van der Waals surface area contributed by atoms with Crippen LogP contribution in [-0.2, 0) is 21.3 Å². The number of nitrogens with zero attached hydrogens (tertiary/aromatic N) is 1. The monoisotopic (exact) mass is 288 g/mol. The fourth-order valence-electron chi connectivity index (χ4n) is 2.21. The van der Waals surface area contributed by atoms with Crippen molar-refractivity contribution in [2.45, 2.75) is 43.7 Å². The fraction of sp³-hybridized carbons (Fsp3) is 0.727. The second kappa shape index (κ2) is 6.00. The SMILES string of the molecule is Cc1[nH]nc(CN)c1S(=O)(=O)NCC1CCCCO1. The van der Waals surface area contributed by atoms with Crippen LogP contribution in [0.2, 0.25) is 0 Å². The highest BCUT2D eigenvalue weighted by atomic mass is 32.2. The van der Waals surface area contributed by atoms with Crippen LogP contribution in [0, 0.1) is 6.92 Å². The number of hydrogen-bond donors (Lipinski definition) is 3. The molecule has 108 valence electrons. The lowest BCUT2D eigenvalue weighted by atomic mass is 10.1. The average molecular weight is 288 g/mol. The molecular weight excluding hydrogens is 268 g/mol. The van der Waals surface area contributed by atoms with E-state index in [9.17, 15) is 8.42 Å². The predicted octanol–water partition coefficient (Wildman–Crippen LogP) is 0.0242. The molecule has 0 spiro atoms. The van der Waals surface area contributed by atoms with Crippen molar-refractivity contribution in [2.75, 3.05) is 13.2 Å². The van der Waals surface area contributed by atoms with Crippen LogP contribution in [0.5, 0.6) is 0 Å². The van der Waals surface area contributed by atoms with Gasteiger partial charge < -0.3 is 10.5 Å². The quantitative estimate of drug-likeness (QED) is 0.707. The van der Waals surface area contributed by atoms with E-state index in [0.717, 1.165) is 19.3 Å². The minimum absolute atomic E-state index is 0.0444. The van der Waals surface area contributed by atoms with Crippen LogP contribution in [0.15, 0.2) is 4.90 Å². The van der Waals surface area contributed by atoms with Crippen LogP contribution in [-0.4, -0.2) is 37.9 Å². The minimum atomic E-state index is -3.59. The van der Waals surface area contributed by atoms with Crippen molar-refractivity contribution in [3.8, 4) is 0 Å². The summed E-state index contributed by atoms with van der Waals surface area (Å²) in [6.07, 6.45) is 2.96. The first-order valence-electron chi connectivity index (χ1n) is 6.40. The molecule has 0 bridgehead atoms. The van der Waals surface area contributed by atoms with E-state index in [1.807, 2.05) is 0 Å². The molecule has 1 aliphatic heterocycles. The third-order valence-electron chi connectivity index (χ3n) is 3.20. The molecule has 1 unspecified atom stereocenters. The van der Waals surface area contributed by atoms with Gasteiger partial charge in [0.15, 0.2) is 0 Å². The number of nitrogens with two attached hydrogens (primary N) is 1. The zero-order chi connectivity index (χ0) is 13.9. The Bertz CT molecular complexity index is 520. The second-order valence-corrected chi connectivity index (χ2v) is 6.37. The van der Waals surface area contributed by atoms with Gasteiger partial charge in [0, 0.05) is 19.7 Å². The average Bonchev–Trinajstić information content (AvgIpc) is 2.80. The molecule has 4 N–H and O–H groups in total. The van der Waals surface area contributed by atoms with E-state index >= 15 is 0 Å². The van der Waals surface area contributed by atoms with E-state index in [1.165, 1.54) is 0 Å². The van der Waals surface area contributed by atoms with Crippen molar-refractivity contribution in [2.24, 2.45) is 5.73 Å². The maximum atomic E-state index is 12.3. The molecule has 1 aromatic rings. The van der Waals surface area contributed by atoms with Crippen LogP contribution in [0.25, 0.3) is 0 Å². The zero-order valence-electron chi connectivity index (χ0n) is 11.0. The summed E-state index contributed by atoms with van der Waals surface area (Å²) >= 11 is 0. The maximum absolute atomic E-state index is 12.3. The summed E-state index contributed by atoms with van der Waals surface area (Å²) in [5.74, 6) is 0. The van der Waals surface area contributed by atoms with Crippen molar-refractivity contribution < 1.29 is 13.2 Å². The summed E-state index contributed by atoms with van der Waals surface area (Å²) in [6.45, 7) is 2.74. The third kappa shape index (κ3) is 3.33. The summed E-state index contributed by atoms with van der Waals surface area (Å²) in [5.41, 5.74) is 6.35. The van der Waals surface area contributed by atoms with Gasteiger partial charge in [-0.3, -0.25) is 5.10 Å². The normalized spacial score (nSPS) is 20.6. The van der Waals surface area contributed by atoms with Gasteiger partial charge in [-0.15, -0.1) is 0 Å². The fourth-order valence-corrected chi connectivity index (χ4v) is 3.65. The first-order valence-corrected chi connectivity index (χ1v) is 7.88. The number of sulfonamides is 1. The molecule has 1 fully saturated rings. The van der Waals surface area contributed by atoms with Gasteiger partial charge in [-0.25, -0.2) is 13.1 Å². The third-order valence-corrected chi connectivity index (χ3v) is 4.82. The lowest BCUT2D eigenvalue weighted by Crippen LogP contribution is -2.36. The number of aromatic nitrogens is 2. The smallest absolute Gasteiger partial charge is 0.244 e. The van der Waals surface area contributed by atoms with Gasteiger partial charge >= 0.3 is 0 Å². The van der Waals surface area contributed by atoms with Gasteiger partial charge in [0.05, 0.1) is 17.5 Å². The van der Waals surface area contributed by atoms with Gasteiger partial charge in [0.25, 0.3) is 0 Å². The van der Waals surface area contributed by atoms with Crippen LogP contribution < -0.4 is 10.5 Å². The lowest BCUT2D eigenvalue weighted by molar-refractivity contribution is 0.0200. The number of hydrogen-bond acceptors (Lipinski definition) is 5. The van der Waals surface area contributed by atoms with E-state index in [4.69, 9.17) is 10.5 Å². The summed E-state index contributed by atoms with van der Waals surface area (Å²) in [4.78, 5) is 0.158. The molecule has 2 heterocycles. The molecule has 0 saturated carbocycles. The molecule has 7 nitrogen and oxygen atoms in total. The zero-order valence-corrected chi connectivity index (χ0v) is 11.8. The van der Waals surface area contributed by atoms with Crippen LogP contribution in [0.4, 0.5) is 0 Å². The molecule has 2 rings (SSSR count). The Hall–Kier alpha value is -0.960. The minimum Gasteiger partial charge on any atom is -0.377 e. The Morgan fingerprint density at radius 3 is 2.95 bits per heavy atom. The van der Waals surface area contributed by atoms with Crippen LogP contribution in [0.1, 0.15) is 30.7 Å². The maximum Gasteiger partial charge on any atom is 0.244 e. The van der Waals surface area contributed by atoms with E-state index in [0.29, 0.717) is 18.0 Å². The van der Waals surface area contributed by atoms with Crippen molar-refractivity contribution in [3.05, 3.63) is 11.4 Å². The standard InChI is InChI=1S/C11H20N4O3S/c1-8-11(10(6-12)15-14-8)19(16,17)13-7-9-4-2-3-5-18-9/h9,13H,2-7,12H2,1H3,(H,14,15). The molecule has 1 saturated heterocycles. The topological polar surface area (TPSA) is 110 Å². The van der Waals surface area contributed by atoms with Gasteiger partial charge in [0.1, 0.15) is 4.90 Å². The Kier molecular flexibility index (Phi) is 4.56. The Morgan fingerprint density at radius 2 is 2.32 bits per heavy atom. The molecule has 8 heteroatoms. The van der Waals surface area contributed by atoms with Crippen LogP contribution in [0.3, 0.4) is 0 Å². The van der Waals surface area contributed by atoms with E-state index in [-0.39, 0.29) is 24.1 Å².